The van der Waals surface area contributed by atoms with Gasteiger partial charge in [-0.25, -0.2) is 4.98 Å². The third-order valence-electron chi connectivity index (χ3n) is 5.76. The fourth-order valence-electron chi connectivity index (χ4n) is 3.88. The van der Waals surface area contributed by atoms with E-state index in [4.69, 9.17) is 9.72 Å². The molecule has 0 saturated carbocycles. The molecular weight excluding hydrogens is 460 g/mol. The second-order valence-corrected chi connectivity index (χ2v) is 9.76. The summed E-state index contributed by atoms with van der Waals surface area (Å²) in [5.41, 5.74) is 3.73. The smallest absolute Gasteiger partial charge is 0.278 e. The molecule has 0 bridgehead atoms. The lowest BCUT2D eigenvalue weighted by atomic mass is 10.1. The Bertz CT molecular complexity index is 1380. The molecule has 1 amide bonds. The number of nitrogens with zero attached hydrogens (tertiary/aromatic N) is 3. The number of methoxy groups -OCH3 is 1. The van der Waals surface area contributed by atoms with E-state index in [-0.39, 0.29) is 17.2 Å². The number of hydrogen-bond donors (Lipinski definition) is 1. The number of ether oxygens (including phenoxy) is 1. The maximum Gasteiger partial charge on any atom is 0.278 e. The molecule has 0 unspecified atom stereocenters. The number of aromatic nitrogens is 3. The molecule has 0 fully saturated rings. The van der Waals surface area contributed by atoms with Crippen molar-refractivity contribution >= 4 is 34.4 Å². The lowest BCUT2D eigenvalue weighted by Crippen LogP contribution is -2.26. The first-order chi connectivity index (χ1) is 16.9. The van der Waals surface area contributed by atoms with Crippen LogP contribution < -0.4 is 15.6 Å². The number of thioether (sulfide) groups is 1. The van der Waals surface area contributed by atoms with Crippen molar-refractivity contribution in [3.05, 3.63) is 71.1 Å². The standard InChI is InChI=1S/C27H30N4O3S/c1-18(2)14-15-31-26(33)25-24(22(16-30(25)3)19-8-6-5-7-9-19)29-27(31)35-17-23(32)28-20-10-12-21(34-4)13-11-20/h5-13,16,18H,14-15,17H2,1-4H3,(H,28,32). The van der Waals surface area contributed by atoms with Crippen LogP contribution in [0.4, 0.5) is 5.69 Å². The molecule has 0 aliphatic heterocycles. The van der Waals surface area contributed by atoms with Gasteiger partial charge in [0.15, 0.2) is 5.16 Å². The van der Waals surface area contributed by atoms with Crippen LogP contribution in [0.2, 0.25) is 0 Å². The summed E-state index contributed by atoms with van der Waals surface area (Å²) in [6.07, 6.45) is 2.79. The molecule has 8 heteroatoms. The number of hydrogen-bond acceptors (Lipinski definition) is 5. The van der Waals surface area contributed by atoms with Crippen LogP contribution in [0.25, 0.3) is 22.2 Å². The van der Waals surface area contributed by atoms with E-state index in [1.165, 1.54) is 11.8 Å². The van der Waals surface area contributed by atoms with E-state index < -0.39 is 0 Å². The summed E-state index contributed by atoms with van der Waals surface area (Å²) in [6, 6.07) is 17.1. The highest BCUT2D eigenvalue weighted by atomic mass is 32.2. The van der Waals surface area contributed by atoms with Gasteiger partial charge in [-0.05, 0) is 42.2 Å². The van der Waals surface area contributed by atoms with Crippen LogP contribution in [0.3, 0.4) is 0 Å². The van der Waals surface area contributed by atoms with Crippen molar-refractivity contribution in [2.75, 3.05) is 18.2 Å². The van der Waals surface area contributed by atoms with Crippen molar-refractivity contribution in [3.8, 4) is 16.9 Å². The highest BCUT2D eigenvalue weighted by Crippen LogP contribution is 2.29. The van der Waals surface area contributed by atoms with Gasteiger partial charge >= 0.3 is 0 Å². The molecule has 0 saturated heterocycles. The zero-order chi connectivity index (χ0) is 24.9. The SMILES string of the molecule is COc1ccc(NC(=O)CSc2nc3c(-c4ccccc4)cn(C)c3c(=O)n2CCC(C)C)cc1. The lowest BCUT2D eigenvalue weighted by Gasteiger charge is -2.14. The average Bonchev–Trinajstić information content (AvgIpc) is 3.19. The molecular formula is C27H30N4O3S. The third-order valence-corrected chi connectivity index (χ3v) is 6.74. The number of anilines is 1. The van der Waals surface area contributed by atoms with Crippen molar-refractivity contribution in [1.82, 2.24) is 14.1 Å². The number of carbonyl (C=O) groups excluding carboxylic acids is 1. The van der Waals surface area contributed by atoms with Crippen LogP contribution in [-0.2, 0) is 18.4 Å². The highest BCUT2D eigenvalue weighted by molar-refractivity contribution is 7.99. The van der Waals surface area contributed by atoms with Crippen LogP contribution in [0.1, 0.15) is 20.3 Å². The van der Waals surface area contributed by atoms with Gasteiger partial charge in [0.05, 0.1) is 12.9 Å². The maximum absolute atomic E-state index is 13.6. The number of nitrogens with one attached hydrogen (secondary N) is 1. The van der Waals surface area contributed by atoms with Crippen LogP contribution in [0.5, 0.6) is 5.75 Å². The zero-order valence-corrected chi connectivity index (χ0v) is 21.3. The van der Waals surface area contributed by atoms with E-state index in [1.54, 1.807) is 35.9 Å². The van der Waals surface area contributed by atoms with Crippen LogP contribution in [0.15, 0.2) is 70.7 Å². The monoisotopic (exact) mass is 490 g/mol. The Balaban J connectivity index is 1.66. The van der Waals surface area contributed by atoms with E-state index in [0.717, 1.165) is 23.3 Å². The number of benzene rings is 2. The van der Waals surface area contributed by atoms with Gasteiger partial charge in [0, 0.05) is 31.0 Å². The van der Waals surface area contributed by atoms with Gasteiger partial charge in [0.25, 0.3) is 5.56 Å². The molecule has 2 aromatic heterocycles. The number of rotatable bonds is 9. The maximum atomic E-state index is 13.6. The Hall–Kier alpha value is -3.52. The van der Waals surface area contributed by atoms with E-state index in [0.29, 0.717) is 34.3 Å². The molecule has 2 aromatic carbocycles. The fourth-order valence-corrected chi connectivity index (χ4v) is 4.69. The zero-order valence-electron chi connectivity index (χ0n) is 20.4. The number of amides is 1. The summed E-state index contributed by atoms with van der Waals surface area (Å²) in [6.45, 7) is 4.80. The molecule has 0 atom stereocenters. The Kier molecular flexibility index (Phi) is 7.60. The summed E-state index contributed by atoms with van der Waals surface area (Å²) >= 11 is 1.28. The van der Waals surface area contributed by atoms with Gasteiger partial charge in [0.2, 0.25) is 5.91 Å². The molecule has 0 radical (unpaired) electrons. The average molecular weight is 491 g/mol. The molecule has 0 spiro atoms. The number of aryl methyl sites for hydroxylation is 1. The minimum absolute atomic E-state index is 0.0848. The number of fused-ring (bicyclic) bond motifs is 1. The molecule has 2 heterocycles. The van der Waals surface area contributed by atoms with Gasteiger partial charge in [0.1, 0.15) is 16.8 Å². The first-order valence-corrected chi connectivity index (χ1v) is 12.6. The normalized spacial score (nSPS) is 11.2. The van der Waals surface area contributed by atoms with Crippen molar-refractivity contribution in [2.45, 2.75) is 32.0 Å². The molecule has 7 nitrogen and oxygen atoms in total. The minimum atomic E-state index is -0.165. The van der Waals surface area contributed by atoms with Crippen LogP contribution >= 0.6 is 11.8 Å². The van der Waals surface area contributed by atoms with Crippen LogP contribution in [0, 0.1) is 5.92 Å². The van der Waals surface area contributed by atoms with Gasteiger partial charge in [-0.3, -0.25) is 14.2 Å². The third kappa shape index (κ3) is 5.59. The summed E-state index contributed by atoms with van der Waals surface area (Å²) < 4.78 is 8.72. The predicted octanol–water partition coefficient (Wildman–Crippen LogP) is 5.19. The highest BCUT2D eigenvalue weighted by Gasteiger charge is 2.19. The summed E-state index contributed by atoms with van der Waals surface area (Å²) in [4.78, 5) is 31.2. The predicted molar refractivity (Wildman–Crippen MR) is 142 cm³/mol. The fraction of sp³-hybridized carbons (Fsp3) is 0.296. The molecule has 4 aromatic rings. The number of carbonyl (C=O) groups is 1. The quantitative estimate of drug-likeness (QED) is 0.258. The first kappa shape index (κ1) is 24.6. The molecule has 182 valence electrons. The topological polar surface area (TPSA) is 78.2 Å². The summed E-state index contributed by atoms with van der Waals surface area (Å²) in [5.74, 6) is 1.13. The van der Waals surface area contributed by atoms with E-state index in [1.807, 2.05) is 48.1 Å². The van der Waals surface area contributed by atoms with Gasteiger partial charge in [-0.2, -0.15) is 0 Å². The van der Waals surface area contributed by atoms with Crippen LogP contribution in [-0.4, -0.2) is 32.9 Å². The second-order valence-electron chi connectivity index (χ2n) is 8.82. The van der Waals surface area contributed by atoms with Crippen molar-refractivity contribution in [3.63, 3.8) is 0 Å². The molecule has 35 heavy (non-hydrogen) atoms. The minimum Gasteiger partial charge on any atom is -0.497 e. The Morgan fingerprint density at radius 1 is 1.11 bits per heavy atom. The first-order valence-electron chi connectivity index (χ1n) is 11.6. The van der Waals surface area contributed by atoms with Gasteiger partial charge < -0.3 is 14.6 Å². The second kappa shape index (κ2) is 10.8. The lowest BCUT2D eigenvalue weighted by molar-refractivity contribution is -0.113. The largest absolute Gasteiger partial charge is 0.497 e. The molecule has 4 rings (SSSR count). The summed E-state index contributed by atoms with van der Waals surface area (Å²) in [7, 11) is 3.47. The Morgan fingerprint density at radius 2 is 1.83 bits per heavy atom. The molecule has 0 aliphatic carbocycles. The van der Waals surface area contributed by atoms with E-state index in [9.17, 15) is 9.59 Å². The Morgan fingerprint density at radius 3 is 2.49 bits per heavy atom. The van der Waals surface area contributed by atoms with Crippen molar-refractivity contribution in [1.29, 1.82) is 0 Å². The van der Waals surface area contributed by atoms with Gasteiger partial charge in [-0.15, -0.1) is 0 Å². The van der Waals surface area contributed by atoms with E-state index >= 15 is 0 Å². The summed E-state index contributed by atoms with van der Waals surface area (Å²) in [5, 5.41) is 3.44. The van der Waals surface area contributed by atoms with E-state index in [2.05, 4.69) is 19.2 Å². The molecule has 0 aliphatic rings. The molecule has 1 N–H and O–H groups in total. The van der Waals surface area contributed by atoms with Crippen molar-refractivity contribution < 1.29 is 9.53 Å². The van der Waals surface area contributed by atoms with Crippen molar-refractivity contribution in [2.24, 2.45) is 13.0 Å². The van der Waals surface area contributed by atoms with Gasteiger partial charge in [-0.1, -0.05) is 55.9 Å². The Labute approximate surface area is 209 Å².